The van der Waals surface area contributed by atoms with E-state index in [9.17, 15) is 14.4 Å². The highest BCUT2D eigenvalue weighted by molar-refractivity contribution is 5.71. The number of unbranched alkanes of at least 4 members (excludes halogenated alkanes) is 32. The third-order valence-corrected chi connectivity index (χ3v) is 12.7. The molecule has 0 amide bonds. The van der Waals surface area contributed by atoms with E-state index in [4.69, 9.17) is 14.2 Å². The molecular formula is C62H110O6. The molecule has 68 heavy (non-hydrogen) atoms. The van der Waals surface area contributed by atoms with Gasteiger partial charge in [-0.3, -0.25) is 14.4 Å². The van der Waals surface area contributed by atoms with Crippen LogP contribution >= 0.6 is 0 Å². The standard InChI is InChI=1S/C62H110O6/c1-4-7-10-13-16-19-22-25-28-30-32-34-37-40-43-46-49-52-55-61(64)67-58-59(57-66-60(63)54-51-48-45-42-39-36-33-27-24-21-18-15-12-9-6-3)68-62(65)56-53-50-47-44-41-38-35-31-29-26-23-20-17-14-11-8-5-2/h17,19-20,22,26-30,33,59H,4-16,18,21,23-25,31-32,34-58H2,1-3H3/b20-17-,22-19-,29-26-,30-28-,33-27-. The van der Waals surface area contributed by atoms with Crippen LogP contribution in [0.5, 0.6) is 0 Å². The molecule has 394 valence electrons. The number of carbonyl (C=O) groups is 3. The molecule has 0 bridgehead atoms. The number of carbonyl (C=O) groups excluding carboxylic acids is 3. The molecule has 0 aromatic heterocycles. The molecule has 0 spiro atoms. The van der Waals surface area contributed by atoms with Gasteiger partial charge in [-0.2, -0.15) is 0 Å². The fourth-order valence-electron chi connectivity index (χ4n) is 8.26. The molecule has 6 nitrogen and oxygen atoms in total. The van der Waals surface area contributed by atoms with Crippen LogP contribution in [-0.4, -0.2) is 37.2 Å². The molecular weight excluding hydrogens is 841 g/mol. The maximum atomic E-state index is 12.9. The predicted octanol–water partition coefficient (Wildman–Crippen LogP) is 19.6. The van der Waals surface area contributed by atoms with E-state index in [2.05, 4.69) is 81.5 Å². The first-order chi connectivity index (χ1) is 33.5. The van der Waals surface area contributed by atoms with Gasteiger partial charge in [0.05, 0.1) is 0 Å². The molecule has 0 radical (unpaired) electrons. The lowest BCUT2D eigenvalue weighted by Crippen LogP contribution is -2.30. The third-order valence-electron chi connectivity index (χ3n) is 12.7. The minimum atomic E-state index is -0.785. The SMILES string of the molecule is CCCCC/C=C\C/C=C\CCCCCCCCCC(=O)OC(COC(=O)CCCCCCC/C=C\CCCCCCCC)COC(=O)CCCCCCCCC/C=C\C/C=C\CCCCCC. The molecule has 0 rings (SSSR count). The Morgan fingerprint density at radius 3 is 0.868 bits per heavy atom. The van der Waals surface area contributed by atoms with Crippen LogP contribution in [0.25, 0.3) is 0 Å². The zero-order valence-corrected chi connectivity index (χ0v) is 45.1. The zero-order chi connectivity index (χ0) is 49.3. The van der Waals surface area contributed by atoms with E-state index in [1.165, 1.54) is 167 Å². The monoisotopic (exact) mass is 951 g/mol. The van der Waals surface area contributed by atoms with E-state index in [1.54, 1.807) is 0 Å². The molecule has 0 saturated heterocycles. The van der Waals surface area contributed by atoms with E-state index in [1.807, 2.05) is 0 Å². The predicted molar refractivity (Wildman–Crippen MR) is 293 cm³/mol. The van der Waals surface area contributed by atoms with E-state index in [0.717, 1.165) is 89.9 Å². The van der Waals surface area contributed by atoms with E-state index in [-0.39, 0.29) is 31.1 Å². The molecule has 0 saturated carbocycles. The van der Waals surface area contributed by atoms with Gasteiger partial charge in [0.25, 0.3) is 0 Å². The summed E-state index contributed by atoms with van der Waals surface area (Å²) in [5, 5.41) is 0. The largest absolute Gasteiger partial charge is 0.462 e. The van der Waals surface area contributed by atoms with Gasteiger partial charge in [0.1, 0.15) is 13.2 Å². The van der Waals surface area contributed by atoms with Crippen LogP contribution in [0.1, 0.15) is 297 Å². The van der Waals surface area contributed by atoms with Gasteiger partial charge in [-0.15, -0.1) is 0 Å². The van der Waals surface area contributed by atoms with Crippen molar-refractivity contribution in [2.75, 3.05) is 13.2 Å². The quantitative estimate of drug-likeness (QED) is 0.0262. The van der Waals surface area contributed by atoms with Gasteiger partial charge in [0.2, 0.25) is 0 Å². The summed E-state index contributed by atoms with van der Waals surface area (Å²) in [6.45, 7) is 6.60. The fraction of sp³-hybridized carbons (Fsp3) is 0.790. The van der Waals surface area contributed by atoms with Crippen LogP contribution in [0.4, 0.5) is 0 Å². The van der Waals surface area contributed by atoms with Crippen LogP contribution in [0, 0.1) is 0 Å². The average molecular weight is 952 g/mol. The zero-order valence-electron chi connectivity index (χ0n) is 45.1. The van der Waals surface area contributed by atoms with E-state index >= 15 is 0 Å². The van der Waals surface area contributed by atoms with Crippen LogP contribution < -0.4 is 0 Å². The number of hydrogen-bond donors (Lipinski definition) is 0. The highest BCUT2D eigenvalue weighted by atomic mass is 16.6. The van der Waals surface area contributed by atoms with Crippen molar-refractivity contribution in [2.24, 2.45) is 0 Å². The topological polar surface area (TPSA) is 78.9 Å². The molecule has 0 heterocycles. The molecule has 1 atom stereocenters. The minimum absolute atomic E-state index is 0.0834. The molecule has 0 aliphatic rings. The van der Waals surface area contributed by atoms with Crippen molar-refractivity contribution in [3.05, 3.63) is 60.8 Å². The molecule has 0 aliphatic carbocycles. The Bertz CT molecular complexity index is 1230. The van der Waals surface area contributed by atoms with Crippen molar-refractivity contribution >= 4 is 17.9 Å². The summed E-state index contributed by atoms with van der Waals surface area (Å²) in [4.78, 5) is 38.2. The fourth-order valence-corrected chi connectivity index (χ4v) is 8.26. The molecule has 0 aliphatic heterocycles. The normalized spacial score (nSPS) is 12.5. The smallest absolute Gasteiger partial charge is 0.306 e. The molecule has 1 unspecified atom stereocenters. The Balaban J connectivity index is 4.40. The number of ether oxygens (including phenoxy) is 3. The van der Waals surface area contributed by atoms with E-state index in [0.29, 0.717) is 19.3 Å². The molecule has 0 N–H and O–H groups in total. The average Bonchev–Trinajstić information content (AvgIpc) is 3.34. The second kappa shape index (κ2) is 56.7. The van der Waals surface area contributed by atoms with Crippen LogP contribution in [0.3, 0.4) is 0 Å². The first-order valence-electron chi connectivity index (χ1n) is 29.3. The minimum Gasteiger partial charge on any atom is -0.462 e. The lowest BCUT2D eigenvalue weighted by atomic mass is 10.1. The van der Waals surface area contributed by atoms with Crippen LogP contribution in [0.15, 0.2) is 60.8 Å². The summed E-state index contributed by atoms with van der Waals surface area (Å²) in [6.07, 6.45) is 70.6. The van der Waals surface area contributed by atoms with Crippen LogP contribution in [-0.2, 0) is 28.6 Å². The summed E-state index contributed by atoms with van der Waals surface area (Å²) in [5.41, 5.74) is 0. The maximum Gasteiger partial charge on any atom is 0.306 e. The van der Waals surface area contributed by atoms with E-state index < -0.39 is 6.10 Å². The molecule has 6 heteroatoms. The molecule has 0 aromatic rings. The van der Waals surface area contributed by atoms with Gasteiger partial charge in [0, 0.05) is 19.3 Å². The van der Waals surface area contributed by atoms with Gasteiger partial charge in [-0.05, 0) is 109 Å². The van der Waals surface area contributed by atoms with Gasteiger partial charge < -0.3 is 14.2 Å². The molecule has 0 fully saturated rings. The second-order valence-corrected chi connectivity index (χ2v) is 19.5. The van der Waals surface area contributed by atoms with Crippen molar-refractivity contribution in [3.63, 3.8) is 0 Å². The Morgan fingerprint density at radius 1 is 0.294 bits per heavy atom. The van der Waals surface area contributed by atoms with Crippen LogP contribution in [0.2, 0.25) is 0 Å². The Kier molecular flexibility index (Phi) is 54.3. The summed E-state index contributed by atoms with van der Waals surface area (Å²) in [6, 6.07) is 0. The number of esters is 3. The summed E-state index contributed by atoms with van der Waals surface area (Å²) >= 11 is 0. The Labute approximate surface area is 421 Å². The van der Waals surface area contributed by atoms with Gasteiger partial charge in [-0.1, -0.05) is 229 Å². The summed E-state index contributed by atoms with van der Waals surface area (Å²) in [5.74, 6) is -0.896. The van der Waals surface area contributed by atoms with Crippen molar-refractivity contribution < 1.29 is 28.6 Å². The Morgan fingerprint density at radius 2 is 0.529 bits per heavy atom. The van der Waals surface area contributed by atoms with Crippen molar-refractivity contribution in [1.29, 1.82) is 0 Å². The number of hydrogen-bond acceptors (Lipinski definition) is 6. The first-order valence-corrected chi connectivity index (χ1v) is 29.3. The highest BCUT2D eigenvalue weighted by Gasteiger charge is 2.19. The third kappa shape index (κ3) is 54.1. The van der Waals surface area contributed by atoms with Gasteiger partial charge >= 0.3 is 17.9 Å². The lowest BCUT2D eigenvalue weighted by molar-refractivity contribution is -0.167. The maximum absolute atomic E-state index is 12.9. The Hall–Kier alpha value is -2.89. The first kappa shape index (κ1) is 65.1. The number of rotatable bonds is 53. The van der Waals surface area contributed by atoms with Gasteiger partial charge in [-0.25, -0.2) is 0 Å². The second-order valence-electron chi connectivity index (χ2n) is 19.5. The van der Waals surface area contributed by atoms with Crippen molar-refractivity contribution in [3.8, 4) is 0 Å². The van der Waals surface area contributed by atoms with Gasteiger partial charge in [0.15, 0.2) is 6.10 Å². The lowest BCUT2D eigenvalue weighted by Gasteiger charge is -2.18. The molecule has 0 aromatic carbocycles. The summed E-state index contributed by atoms with van der Waals surface area (Å²) in [7, 11) is 0. The summed E-state index contributed by atoms with van der Waals surface area (Å²) < 4.78 is 16.9. The number of allylic oxidation sites excluding steroid dienone is 10. The van der Waals surface area contributed by atoms with Crippen molar-refractivity contribution in [2.45, 2.75) is 303 Å². The van der Waals surface area contributed by atoms with Crippen molar-refractivity contribution in [1.82, 2.24) is 0 Å². The highest BCUT2D eigenvalue weighted by Crippen LogP contribution is 2.15.